The second kappa shape index (κ2) is 13.7. The van der Waals surface area contributed by atoms with Crippen molar-refractivity contribution in [3.63, 3.8) is 0 Å². The Morgan fingerprint density at radius 3 is 2.68 bits per heavy atom. The van der Waals surface area contributed by atoms with Crippen LogP contribution in [0.3, 0.4) is 0 Å². The van der Waals surface area contributed by atoms with Gasteiger partial charge in [0.25, 0.3) is 5.91 Å². The molecule has 1 aliphatic carbocycles. The number of aliphatic imine (C=N–C) groups is 1. The highest BCUT2D eigenvalue weighted by atomic mass is 32.2. The van der Waals surface area contributed by atoms with Gasteiger partial charge in [0.15, 0.2) is 11.6 Å². The Morgan fingerprint density at radius 1 is 1.24 bits per heavy atom. The van der Waals surface area contributed by atoms with Gasteiger partial charge in [-0.15, -0.1) is 0 Å². The Bertz CT molecular complexity index is 1330. The average molecular weight is 589 g/mol. The molecule has 1 aliphatic heterocycles. The van der Waals surface area contributed by atoms with Crippen molar-refractivity contribution in [2.75, 3.05) is 37.3 Å². The zero-order valence-electron chi connectivity index (χ0n) is 24.3. The molecule has 1 amide bonds. The van der Waals surface area contributed by atoms with Crippen LogP contribution < -0.4 is 14.4 Å². The van der Waals surface area contributed by atoms with E-state index in [1.165, 1.54) is 30.8 Å². The molecule has 10 nitrogen and oxygen atoms in total. The van der Waals surface area contributed by atoms with E-state index in [4.69, 9.17) is 9.73 Å². The van der Waals surface area contributed by atoms with Crippen molar-refractivity contribution in [3.05, 3.63) is 42.1 Å². The van der Waals surface area contributed by atoms with Gasteiger partial charge in [0.1, 0.15) is 17.9 Å². The third-order valence-corrected chi connectivity index (χ3v) is 8.47. The molecule has 12 heteroatoms. The average Bonchev–Trinajstić information content (AvgIpc) is 3.39. The number of anilines is 1. The van der Waals surface area contributed by atoms with Gasteiger partial charge in [-0.05, 0) is 77.0 Å². The molecule has 1 saturated carbocycles. The predicted molar refractivity (Wildman–Crippen MR) is 158 cm³/mol. The third-order valence-electron chi connectivity index (χ3n) is 7.71. The summed E-state index contributed by atoms with van der Waals surface area (Å²) in [6.45, 7) is 8.44. The number of amides is 1. The number of ether oxygens (including phenoxy) is 1. The summed E-state index contributed by atoms with van der Waals surface area (Å²) < 4.78 is 46.0. The van der Waals surface area contributed by atoms with Crippen LogP contribution in [0.15, 0.2) is 35.7 Å². The molecule has 1 N–H and O–H groups in total. The first-order valence-electron chi connectivity index (χ1n) is 14.3. The summed E-state index contributed by atoms with van der Waals surface area (Å²) in [4.78, 5) is 30.4. The topological polar surface area (TPSA) is 117 Å². The van der Waals surface area contributed by atoms with E-state index in [0.717, 1.165) is 45.2 Å². The summed E-state index contributed by atoms with van der Waals surface area (Å²) in [5.74, 6) is 1.19. The lowest BCUT2D eigenvalue weighted by Gasteiger charge is -2.27. The summed E-state index contributed by atoms with van der Waals surface area (Å²) in [6.07, 6.45) is 10.8. The molecule has 0 spiro atoms. The fraction of sp³-hybridized carbons (Fsp3) is 0.586. The van der Waals surface area contributed by atoms with Crippen LogP contribution in [0.25, 0.3) is 0 Å². The van der Waals surface area contributed by atoms with E-state index >= 15 is 0 Å². The van der Waals surface area contributed by atoms with Crippen LogP contribution >= 0.6 is 0 Å². The Balaban J connectivity index is 1.38. The molecule has 4 rings (SSSR count). The lowest BCUT2D eigenvalue weighted by atomic mass is 9.86. The molecule has 0 radical (unpaired) electrons. The van der Waals surface area contributed by atoms with Crippen LogP contribution in [-0.2, 0) is 10.0 Å². The number of hydrogen-bond acceptors (Lipinski definition) is 8. The lowest BCUT2D eigenvalue weighted by molar-refractivity contribution is 0.0713. The van der Waals surface area contributed by atoms with E-state index in [9.17, 15) is 17.6 Å². The lowest BCUT2D eigenvalue weighted by Crippen LogP contribution is -2.37. The number of carbonyl (C=O) groups excluding carboxylic acids is 1. The molecule has 1 saturated heterocycles. The van der Waals surface area contributed by atoms with Crippen LogP contribution in [0.1, 0.15) is 63.2 Å². The number of hydrogen-bond donors (Lipinski definition) is 1. The molecule has 2 aromatic rings. The van der Waals surface area contributed by atoms with Gasteiger partial charge in [0.2, 0.25) is 10.0 Å². The Labute approximate surface area is 242 Å². The molecular weight excluding hydrogens is 547 g/mol. The number of sulfonamides is 1. The number of carbonyl (C=O) groups is 1. The summed E-state index contributed by atoms with van der Waals surface area (Å²) in [7, 11) is -3.17. The second-order valence-electron chi connectivity index (χ2n) is 11.3. The standard InChI is InChI=1S/C29H41FN6O4S/c1-5-36(20(2)3)29(37)25-14-23(30)8-11-26(25)40-27-17-32-19-33-28(27)35-13-12-22(18-35)16-31-15-21-6-9-24(10-7-21)34-41(4,38)39/h8,11,14,16-17,19-22,24,34H,5-7,9-10,12-13,15,18H2,1-4H3/b31-16+/t21-,22?,24+. The number of rotatable bonds is 11. The third kappa shape index (κ3) is 8.45. The van der Waals surface area contributed by atoms with Crippen LogP contribution in [0.5, 0.6) is 11.5 Å². The molecule has 2 aliphatic rings. The van der Waals surface area contributed by atoms with E-state index in [1.807, 2.05) is 27.0 Å². The van der Waals surface area contributed by atoms with Gasteiger partial charge >= 0.3 is 0 Å². The van der Waals surface area contributed by atoms with Gasteiger partial charge in [-0.1, -0.05) is 0 Å². The van der Waals surface area contributed by atoms with Crippen molar-refractivity contribution in [1.82, 2.24) is 19.6 Å². The molecule has 1 atom stereocenters. The fourth-order valence-corrected chi connectivity index (χ4v) is 6.46. The highest BCUT2D eigenvalue weighted by Crippen LogP contribution is 2.35. The second-order valence-corrected chi connectivity index (χ2v) is 13.0. The fourth-order valence-electron chi connectivity index (χ4n) is 5.62. The predicted octanol–water partition coefficient (Wildman–Crippen LogP) is 4.28. The first-order chi connectivity index (χ1) is 19.5. The van der Waals surface area contributed by atoms with Gasteiger partial charge in [-0.3, -0.25) is 9.79 Å². The maximum Gasteiger partial charge on any atom is 0.257 e. The van der Waals surface area contributed by atoms with Crippen molar-refractivity contribution in [2.24, 2.45) is 16.8 Å². The van der Waals surface area contributed by atoms with E-state index in [0.29, 0.717) is 30.6 Å². The number of nitrogens with one attached hydrogen (secondary N) is 1. The highest BCUT2D eigenvalue weighted by Gasteiger charge is 2.28. The highest BCUT2D eigenvalue weighted by molar-refractivity contribution is 7.88. The Morgan fingerprint density at radius 2 is 2.00 bits per heavy atom. The van der Waals surface area contributed by atoms with Crippen LogP contribution in [-0.4, -0.2) is 79.9 Å². The summed E-state index contributed by atoms with van der Waals surface area (Å²) in [5.41, 5.74) is 0.155. The SMILES string of the molecule is CCN(C(=O)c1cc(F)ccc1Oc1cncnc1N1CCC(/C=N/C[C@H]2CC[C@@H](NS(C)(=O)=O)CC2)C1)C(C)C. The maximum atomic E-state index is 14.2. The monoisotopic (exact) mass is 588 g/mol. The van der Waals surface area contributed by atoms with E-state index in [-0.39, 0.29) is 35.2 Å². The molecule has 0 bridgehead atoms. The Hall–Kier alpha value is -3.12. The minimum Gasteiger partial charge on any atom is -0.451 e. The number of nitrogens with zero attached hydrogens (tertiary/aromatic N) is 5. The summed E-state index contributed by atoms with van der Waals surface area (Å²) >= 11 is 0. The Kier molecular flexibility index (Phi) is 10.3. The van der Waals surface area contributed by atoms with Crippen LogP contribution in [0, 0.1) is 17.7 Å². The summed E-state index contributed by atoms with van der Waals surface area (Å²) in [6, 6.07) is 3.94. The smallest absolute Gasteiger partial charge is 0.257 e. The molecule has 2 fully saturated rings. The molecule has 1 unspecified atom stereocenters. The van der Waals surface area contributed by atoms with Crippen molar-refractivity contribution < 1.29 is 22.3 Å². The molecule has 224 valence electrons. The normalized spacial score (nSPS) is 21.5. The van der Waals surface area contributed by atoms with Crippen molar-refractivity contribution >= 4 is 28.0 Å². The molecule has 2 heterocycles. The molecular formula is C29H41FN6O4S. The number of benzene rings is 1. The molecule has 1 aromatic carbocycles. The zero-order chi connectivity index (χ0) is 29.6. The van der Waals surface area contributed by atoms with Gasteiger partial charge < -0.3 is 14.5 Å². The van der Waals surface area contributed by atoms with Gasteiger partial charge in [0, 0.05) is 50.4 Å². The molecule has 1 aromatic heterocycles. The van der Waals surface area contributed by atoms with E-state index < -0.39 is 15.8 Å². The molecule has 41 heavy (non-hydrogen) atoms. The van der Waals surface area contributed by atoms with Crippen molar-refractivity contribution in [3.8, 4) is 11.5 Å². The maximum absolute atomic E-state index is 14.2. The van der Waals surface area contributed by atoms with Gasteiger partial charge in [-0.25, -0.2) is 27.5 Å². The van der Waals surface area contributed by atoms with E-state index in [2.05, 4.69) is 19.6 Å². The van der Waals surface area contributed by atoms with Gasteiger partial charge in [0.05, 0.1) is 18.0 Å². The van der Waals surface area contributed by atoms with Gasteiger partial charge in [-0.2, -0.15) is 0 Å². The van der Waals surface area contributed by atoms with Crippen molar-refractivity contribution in [2.45, 2.75) is 65.0 Å². The van der Waals surface area contributed by atoms with Crippen molar-refractivity contribution in [1.29, 1.82) is 0 Å². The minimum atomic E-state index is -3.17. The quantitative estimate of drug-likeness (QED) is 0.390. The van der Waals surface area contributed by atoms with E-state index in [1.54, 1.807) is 11.1 Å². The zero-order valence-corrected chi connectivity index (χ0v) is 25.1. The first-order valence-corrected chi connectivity index (χ1v) is 16.2. The summed E-state index contributed by atoms with van der Waals surface area (Å²) in [5, 5.41) is 0. The van der Waals surface area contributed by atoms with Crippen LogP contribution in [0.2, 0.25) is 0 Å². The first kappa shape index (κ1) is 30.8. The minimum absolute atomic E-state index is 0.0304. The largest absolute Gasteiger partial charge is 0.451 e. The number of halogens is 1. The van der Waals surface area contributed by atoms with Crippen LogP contribution in [0.4, 0.5) is 10.2 Å². The number of aromatic nitrogens is 2.